The van der Waals surface area contributed by atoms with Crippen LogP contribution in [0.3, 0.4) is 0 Å². The van der Waals surface area contributed by atoms with Crippen molar-refractivity contribution in [2.24, 2.45) is 5.92 Å². The molecular formula is C9H14ClNOS. The van der Waals surface area contributed by atoms with Crippen LogP contribution in [0, 0.1) is 5.92 Å². The van der Waals surface area contributed by atoms with E-state index in [0.29, 0.717) is 11.8 Å². The van der Waals surface area contributed by atoms with E-state index in [4.69, 9.17) is 16.3 Å². The van der Waals surface area contributed by atoms with E-state index in [0.717, 1.165) is 10.7 Å². The predicted octanol–water partition coefficient (Wildman–Crippen LogP) is 3.23. The van der Waals surface area contributed by atoms with Gasteiger partial charge in [0.1, 0.15) is 11.1 Å². The highest BCUT2D eigenvalue weighted by atomic mass is 35.5. The molecule has 1 unspecified atom stereocenters. The van der Waals surface area contributed by atoms with Crippen molar-refractivity contribution in [1.29, 1.82) is 0 Å². The summed E-state index contributed by atoms with van der Waals surface area (Å²) in [6.07, 6.45) is 0.0990. The van der Waals surface area contributed by atoms with Gasteiger partial charge in [-0.1, -0.05) is 13.8 Å². The molecule has 0 bridgehead atoms. The summed E-state index contributed by atoms with van der Waals surface area (Å²) in [5, 5.41) is 3.00. The van der Waals surface area contributed by atoms with Crippen LogP contribution in [0.1, 0.15) is 30.7 Å². The van der Waals surface area contributed by atoms with Gasteiger partial charge in [0.05, 0.1) is 11.6 Å². The fourth-order valence-corrected chi connectivity index (χ4v) is 2.47. The first kappa shape index (κ1) is 11.0. The maximum absolute atomic E-state index is 5.67. The zero-order valence-electron chi connectivity index (χ0n) is 8.08. The van der Waals surface area contributed by atoms with Crippen molar-refractivity contribution < 1.29 is 4.74 Å². The number of ether oxygens (including phenoxy) is 1. The van der Waals surface area contributed by atoms with Crippen LogP contribution in [-0.4, -0.2) is 12.1 Å². The zero-order chi connectivity index (χ0) is 9.84. The first-order valence-corrected chi connectivity index (χ1v) is 5.63. The van der Waals surface area contributed by atoms with E-state index in [2.05, 4.69) is 18.8 Å². The molecule has 0 spiro atoms. The summed E-state index contributed by atoms with van der Waals surface area (Å²) in [6.45, 7) is 4.24. The van der Waals surface area contributed by atoms with Gasteiger partial charge in [0.15, 0.2) is 0 Å². The number of thiazole rings is 1. The summed E-state index contributed by atoms with van der Waals surface area (Å²) in [5.74, 6) is 0.921. The molecule has 1 heterocycles. The van der Waals surface area contributed by atoms with Crippen molar-refractivity contribution >= 4 is 22.9 Å². The number of methoxy groups -OCH3 is 1. The number of halogens is 1. The molecule has 2 nitrogen and oxygen atoms in total. The van der Waals surface area contributed by atoms with Gasteiger partial charge < -0.3 is 4.74 Å². The molecule has 0 saturated carbocycles. The van der Waals surface area contributed by atoms with Crippen molar-refractivity contribution in [2.45, 2.75) is 25.8 Å². The molecule has 0 radical (unpaired) electrons. The molecule has 1 rings (SSSR count). The Kier molecular flexibility index (Phi) is 4.16. The highest BCUT2D eigenvalue weighted by Crippen LogP contribution is 2.27. The smallest absolute Gasteiger partial charge is 0.122 e. The molecule has 0 N–H and O–H groups in total. The maximum Gasteiger partial charge on any atom is 0.122 e. The van der Waals surface area contributed by atoms with Gasteiger partial charge in [-0.25, -0.2) is 4.98 Å². The van der Waals surface area contributed by atoms with Crippen molar-refractivity contribution in [1.82, 2.24) is 4.98 Å². The fourth-order valence-electron chi connectivity index (χ4n) is 1.17. The average Bonchev–Trinajstić information content (AvgIpc) is 2.53. The van der Waals surface area contributed by atoms with Crippen LogP contribution in [0.2, 0.25) is 0 Å². The molecule has 1 aromatic heterocycles. The zero-order valence-corrected chi connectivity index (χ0v) is 9.65. The van der Waals surface area contributed by atoms with Gasteiger partial charge in [-0.05, 0) is 5.92 Å². The lowest BCUT2D eigenvalue weighted by Gasteiger charge is -2.15. The Morgan fingerprint density at radius 1 is 1.62 bits per heavy atom. The number of hydrogen-bond donors (Lipinski definition) is 0. The Morgan fingerprint density at radius 3 is 2.69 bits per heavy atom. The number of alkyl halides is 1. The Bertz CT molecular complexity index is 262. The van der Waals surface area contributed by atoms with Crippen molar-refractivity contribution in [3.8, 4) is 0 Å². The summed E-state index contributed by atoms with van der Waals surface area (Å²) in [6, 6.07) is 0. The molecule has 1 aromatic rings. The van der Waals surface area contributed by atoms with Crippen LogP contribution in [-0.2, 0) is 10.6 Å². The van der Waals surface area contributed by atoms with E-state index in [1.165, 1.54) is 0 Å². The lowest BCUT2D eigenvalue weighted by atomic mass is 10.1. The second kappa shape index (κ2) is 4.94. The Hall–Kier alpha value is -0.120. The molecule has 0 amide bonds. The molecule has 4 heteroatoms. The summed E-state index contributed by atoms with van der Waals surface area (Å²) in [4.78, 5) is 4.38. The minimum absolute atomic E-state index is 0.0990. The molecule has 0 aliphatic heterocycles. The number of hydrogen-bond acceptors (Lipinski definition) is 3. The number of aromatic nitrogens is 1. The molecular weight excluding hydrogens is 206 g/mol. The van der Waals surface area contributed by atoms with E-state index in [9.17, 15) is 0 Å². The lowest BCUT2D eigenvalue weighted by molar-refractivity contribution is 0.0643. The SMILES string of the molecule is COC(c1nc(CCl)cs1)C(C)C. The van der Waals surface area contributed by atoms with Crippen molar-refractivity contribution in [2.75, 3.05) is 7.11 Å². The van der Waals surface area contributed by atoms with E-state index in [1.54, 1.807) is 18.4 Å². The molecule has 0 aliphatic carbocycles. The van der Waals surface area contributed by atoms with Gasteiger partial charge >= 0.3 is 0 Å². The Labute approximate surface area is 87.9 Å². The molecule has 0 aliphatic rings. The van der Waals surface area contributed by atoms with Crippen LogP contribution in [0.4, 0.5) is 0 Å². The van der Waals surface area contributed by atoms with E-state index >= 15 is 0 Å². The van der Waals surface area contributed by atoms with Gasteiger partial charge in [0, 0.05) is 12.5 Å². The summed E-state index contributed by atoms with van der Waals surface area (Å²) in [5.41, 5.74) is 0.935. The van der Waals surface area contributed by atoms with E-state index in [-0.39, 0.29) is 6.10 Å². The van der Waals surface area contributed by atoms with Gasteiger partial charge in [0.2, 0.25) is 0 Å². The number of nitrogens with zero attached hydrogens (tertiary/aromatic N) is 1. The van der Waals surface area contributed by atoms with Crippen molar-refractivity contribution in [3.63, 3.8) is 0 Å². The second-order valence-electron chi connectivity index (χ2n) is 3.21. The highest BCUT2D eigenvalue weighted by molar-refractivity contribution is 7.09. The first-order chi connectivity index (χ1) is 6.19. The minimum atomic E-state index is 0.0990. The molecule has 0 aromatic carbocycles. The van der Waals surface area contributed by atoms with Crippen LogP contribution in [0.15, 0.2) is 5.38 Å². The summed E-state index contributed by atoms with van der Waals surface area (Å²) < 4.78 is 5.36. The van der Waals surface area contributed by atoms with E-state index < -0.39 is 0 Å². The predicted molar refractivity (Wildman–Crippen MR) is 56.3 cm³/mol. The van der Waals surface area contributed by atoms with Crippen LogP contribution in [0.5, 0.6) is 0 Å². The Balaban J connectivity index is 2.79. The van der Waals surface area contributed by atoms with Crippen LogP contribution >= 0.6 is 22.9 Å². The molecule has 74 valence electrons. The van der Waals surface area contributed by atoms with Crippen molar-refractivity contribution in [3.05, 3.63) is 16.1 Å². The first-order valence-electron chi connectivity index (χ1n) is 4.22. The largest absolute Gasteiger partial charge is 0.374 e. The standard InChI is InChI=1S/C9H14ClNOS/c1-6(2)8(12-3)9-11-7(4-10)5-13-9/h5-6,8H,4H2,1-3H3. The third-order valence-electron chi connectivity index (χ3n) is 1.81. The molecule has 13 heavy (non-hydrogen) atoms. The molecule has 1 atom stereocenters. The maximum atomic E-state index is 5.67. The number of rotatable bonds is 4. The minimum Gasteiger partial charge on any atom is -0.374 e. The Morgan fingerprint density at radius 2 is 2.31 bits per heavy atom. The molecule has 0 fully saturated rings. The van der Waals surface area contributed by atoms with E-state index in [1.807, 2.05) is 5.38 Å². The monoisotopic (exact) mass is 219 g/mol. The fraction of sp³-hybridized carbons (Fsp3) is 0.667. The van der Waals surface area contributed by atoms with Crippen LogP contribution in [0.25, 0.3) is 0 Å². The highest BCUT2D eigenvalue weighted by Gasteiger charge is 2.18. The van der Waals surface area contributed by atoms with Gasteiger partial charge in [-0.2, -0.15) is 0 Å². The van der Waals surface area contributed by atoms with Crippen LogP contribution < -0.4 is 0 Å². The van der Waals surface area contributed by atoms with Gasteiger partial charge in [-0.15, -0.1) is 22.9 Å². The lowest BCUT2D eigenvalue weighted by Crippen LogP contribution is -2.08. The topological polar surface area (TPSA) is 22.1 Å². The average molecular weight is 220 g/mol. The molecule has 0 saturated heterocycles. The summed E-state index contributed by atoms with van der Waals surface area (Å²) >= 11 is 7.29. The summed E-state index contributed by atoms with van der Waals surface area (Å²) in [7, 11) is 1.71. The third-order valence-corrected chi connectivity index (χ3v) is 3.04. The normalized spacial score (nSPS) is 13.6. The third kappa shape index (κ3) is 2.66. The van der Waals surface area contributed by atoms with Gasteiger partial charge in [0.25, 0.3) is 0 Å². The second-order valence-corrected chi connectivity index (χ2v) is 4.37. The quantitative estimate of drug-likeness (QED) is 0.726. The van der Waals surface area contributed by atoms with Gasteiger partial charge in [-0.3, -0.25) is 0 Å².